The van der Waals surface area contributed by atoms with Gasteiger partial charge >= 0.3 is 11.9 Å². The Balaban J connectivity index is 3.87. The molecule has 81 heavy (non-hydrogen) atoms. The molecule has 0 aromatic rings. The highest BCUT2D eigenvalue weighted by molar-refractivity contribution is 7.45. The third kappa shape index (κ3) is 66.7. The Morgan fingerprint density at radius 2 is 0.704 bits per heavy atom. The van der Waals surface area contributed by atoms with Crippen LogP contribution in [0.2, 0.25) is 0 Å². The largest absolute Gasteiger partial charge is 0.756 e. The molecule has 474 valence electrons. The number of hydrogen-bond acceptors (Lipinski definition) is 8. The third-order valence-corrected chi connectivity index (χ3v) is 16.2. The molecule has 0 bridgehead atoms. The van der Waals surface area contributed by atoms with Crippen LogP contribution < -0.4 is 4.89 Å². The van der Waals surface area contributed by atoms with E-state index in [-0.39, 0.29) is 32.0 Å². The van der Waals surface area contributed by atoms with Crippen molar-refractivity contribution in [1.29, 1.82) is 0 Å². The first-order valence-electron chi connectivity index (χ1n) is 34.5. The normalized spacial score (nSPS) is 13.5. The molecule has 0 rings (SSSR count). The zero-order valence-electron chi connectivity index (χ0n) is 54.0. The molecule has 0 aromatic carbocycles. The van der Waals surface area contributed by atoms with Crippen molar-refractivity contribution in [2.24, 2.45) is 0 Å². The van der Waals surface area contributed by atoms with Crippen LogP contribution in [0, 0.1) is 0 Å². The summed E-state index contributed by atoms with van der Waals surface area (Å²) in [5, 5.41) is 0. The fourth-order valence-electron chi connectivity index (χ4n) is 10.00. The molecule has 0 aromatic heterocycles. The van der Waals surface area contributed by atoms with Crippen LogP contribution in [0.3, 0.4) is 0 Å². The highest BCUT2D eigenvalue weighted by Crippen LogP contribution is 2.38. The van der Waals surface area contributed by atoms with E-state index in [0.29, 0.717) is 17.4 Å². The van der Waals surface area contributed by atoms with Gasteiger partial charge in [0.25, 0.3) is 7.82 Å². The van der Waals surface area contributed by atoms with Crippen molar-refractivity contribution in [3.8, 4) is 0 Å². The average molecular weight is 1160 g/mol. The molecular weight excluding hydrogens is 1030 g/mol. The van der Waals surface area contributed by atoms with Gasteiger partial charge in [-0.15, -0.1) is 0 Å². The highest BCUT2D eigenvalue weighted by Gasteiger charge is 2.22. The van der Waals surface area contributed by atoms with Gasteiger partial charge in [-0.05, 0) is 77.0 Å². The van der Waals surface area contributed by atoms with Crippen molar-refractivity contribution in [2.45, 2.75) is 335 Å². The van der Waals surface area contributed by atoms with E-state index in [9.17, 15) is 19.0 Å². The lowest BCUT2D eigenvalue weighted by molar-refractivity contribution is -0.870. The summed E-state index contributed by atoms with van der Waals surface area (Å²) >= 11 is 0. The van der Waals surface area contributed by atoms with E-state index in [0.717, 1.165) is 77.0 Å². The lowest BCUT2D eigenvalue weighted by Crippen LogP contribution is -2.37. The molecule has 9 nitrogen and oxygen atoms in total. The lowest BCUT2D eigenvalue weighted by Gasteiger charge is -2.28. The van der Waals surface area contributed by atoms with Crippen LogP contribution in [0.4, 0.5) is 0 Å². The minimum atomic E-state index is -4.64. The number of nitrogens with zero attached hydrogens (tertiary/aromatic N) is 1. The van der Waals surface area contributed by atoms with Gasteiger partial charge < -0.3 is 27.9 Å². The fraction of sp³-hybridized carbons (Fsp3) is 0.831. The number of unbranched alkanes of at least 4 members (excludes halogenated alkanes) is 40. The summed E-state index contributed by atoms with van der Waals surface area (Å²) in [5.41, 5.74) is 0. The van der Waals surface area contributed by atoms with E-state index >= 15 is 0 Å². The second-order valence-corrected chi connectivity index (χ2v) is 25.9. The van der Waals surface area contributed by atoms with Gasteiger partial charge in [0.05, 0.1) is 27.7 Å². The van der Waals surface area contributed by atoms with Crippen molar-refractivity contribution >= 4 is 19.8 Å². The third-order valence-electron chi connectivity index (χ3n) is 15.3. The van der Waals surface area contributed by atoms with Gasteiger partial charge in [-0.1, -0.05) is 299 Å². The number of quaternary nitrogens is 1. The van der Waals surface area contributed by atoms with Crippen LogP contribution in [0.5, 0.6) is 0 Å². The Hall–Kier alpha value is -2.29. The molecule has 0 spiro atoms. The second kappa shape index (κ2) is 62.2. The van der Waals surface area contributed by atoms with E-state index in [1.54, 1.807) is 0 Å². The van der Waals surface area contributed by atoms with E-state index in [1.807, 2.05) is 21.1 Å². The average Bonchev–Trinajstić information content (AvgIpc) is 3.43. The number of phosphoric acid groups is 1. The topological polar surface area (TPSA) is 111 Å². The zero-order valence-corrected chi connectivity index (χ0v) is 54.9. The van der Waals surface area contributed by atoms with Gasteiger partial charge in [-0.3, -0.25) is 14.2 Å². The maximum atomic E-state index is 12.8. The number of allylic oxidation sites excluding steroid dienone is 10. The Morgan fingerprint density at radius 3 is 1.06 bits per heavy atom. The zero-order chi connectivity index (χ0) is 59.1. The molecule has 0 amide bonds. The lowest BCUT2D eigenvalue weighted by atomic mass is 10.0. The number of likely N-dealkylation sites (N-methyl/N-ethyl adjacent to an activating group) is 1. The SMILES string of the molecule is CC/C=C\C/C=C\C/C=C\C/C=C\CCCCCCCCCCCCCCCCCCCCCCCCCCCCCCC(=O)OC(COC(=O)CCCCCCC/C=C\CCCCCCCCC)COP(=O)([O-])OCC[N+](C)(C)C. The molecule has 0 aliphatic carbocycles. The summed E-state index contributed by atoms with van der Waals surface area (Å²) in [5.74, 6) is -0.828. The summed E-state index contributed by atoms with van der Waals surface area (Å²) in [6.45, 7) is 4.16. The Labute approximate surface area is 502 Å². The van der Waals surface area contributed by atoms with Gasteiger partial charge in [-0.2, -0.15) is 0 Å². The Bertz CT molecular complexity index is 1550. The molecule has 0 fully saturated rings. The van der Waals surface area contributed by atoms with Crippen molar-refractivity contribution in [3.63, 3.8) is 0 Å². The van der Waals surface area contributed by atoms with Gasteiger partial charge in [0.1, 0.15) is 19.8 Å². The van der Waals surface area contributed by atoms with Gasteiger partial charge in [0, 0.05) is 12.8 Å². The van der Waals surface area contributed by atoms with Crippen LogP contribution >= 0.6 is 7.82 Å². The number of hydrogen-bond donors (Lipinski definition) is 0. The smallest absolute Gasteiger partial charge is 0.306 e. The first-order chi connectivity index (χ1) is 39.5. The van der Waals surface area contributed by atoms with Crippen LogP contribution in [-0.4, -0.2) is 70.0 Å². The fourth-order valence-corrected chi connectivity index (χ4v) is 10.7. The Kier molecular flexibility index (Phi) is 60.5. The molecule has 0 saturated heterocycles. The molecule has 2 unspecified atom stereocenters. The first-order valence-corrected chi connectivity index (χ1v) is 36.0. The van der Waals surface area contributed by atoms with E-state index in [2.05, 4.69) is 74.6 Å². The van der Waals surface area contributed by atoms with Gasteiger partial charge in [0.15, 0.2) is 6.10 Å². The molecule has 0 N–H and O–H groups in total. The summed E-state index contributed by atoms with van der Waals surface area (Å²) in [6, 6.07) is 0. The van der Waals surface area contributed by atoms with Crippen molar-refractivity contribution in [3.05, 3.63) is 60.8 Å². The maximum absolute atomic E-state index is 12.8. The van der Waals surface area contributed by atoms with Gasteiger partial charge in [-0.25, -0.2) is 0 Å². The van der Waals surface area contributed by atoms with Crippen LogP contribution in [0.1, 0.15) is 328 Å². The number of esters is 2. The predicted octanol–water partition coefficient (Wildman–Crippen LogP) is 21.6. The second-order valence-electron chi connectivity index (χ2n) is 24.5. The van der Waals surface area contributed by atoms with Crippen molar-refractivity contribution in [2.75, 3.05) is 47.5 Å². The molecule has 0 radical (unpaired) electrons. The standard InChI is InChI=1S/C71H132NO8P/c1-6-8-10-12-14-16-18-20-22-24-25-26-27-28-29-30-31-32-33-34-35-36-37-38-39-40-41-42-43-44-45-46-47-48-50-52-54-56-58-60-62-64-71(74)80-69(68-79-81(75,76)78-66-65-72(3,4)5)67-77-70(73)63-61-59-57-55-53-51-49-23-21-19-17-15-13-11-9-7-2/h8,10,14,16,20,22-23,25-26,49,69H,6-7,9,11-13,15,17-19,21,24,27-48,50-68H2,1-5H3/b10-8-,16-14-,22-20-,26-25-,49-23-. The summed E-state index contributed by atoms with van der Waals surface area (Å²) in [4.78, 5) is 37.9. The molecule has 0 heterocycles. The maximum Gasteiger partial charge on any atom is 0.306 e. The first kappa shape index (κ1) is 78.7. The number of carbonyl (C=O) groups is 2. The van der Waals surface area contributed by atoms with Gasteiger partial charge in [0.2, 0.25) is 0 Å². The van der Waals surface area contributed by atoms with E-state index < -0.39 is 26.5 Å². The van der Waals surface area contributed by atoms with Crippen LogP contribution in [0.15, 0.2) is 60.8 Å². The number of rotatable bonds is 64. The Morgan fingerprint density at radius 1 is 0.395 bits per heavy atom. The molecular formula is C71H132NO8P. The summed E-state index contributed by atoms with van der Waals surface area (Å²) < 4.78 is 34.2. The van der Waals surface area contributed by atoms with Crippen LogP contribution in [-0.2, 0) is 32.7 Å². The molecule has 0 aliphatic heterocycles. The highest BCUT2D eigenvalue weighted by atomic mass is 31.2. The number of carbonyl (C=O) groups excluding carboxylic acids is 2. The molecule has 0 aliphatic rings. The summed E-state index contributed by atoms with van der Waals surface area (Å²) in [7, 11) is 1.18. The van der Waals surface area contributed by atoms with Crippen LogP contribution in [0.25, 0.3) is 0 Å². The molecule has 2 atom stereocenters. The van der Waals surface area contributed by atoms with Crippen molar-refractivity contribution in [1.82, 2.24) is 0 Å². The number of phosphoric ester groups is 1. The molecule has 10 heteroatoms. The minimum Gasteiger partial charge on any atom is -0.756 e. The van der Waals surface area contributed by atoms with E-state index in [4.69, 9.17) is 18.5 Å². The predicted molar refractivity (Wildman–Crippen MR) is 347 cm³/mol. The summed E-state index contributed by atoms with van der Waals surface area (Å²) in [6.07, 6.45) is 81.8. The monoisotopic (exact) mass is 1160 g/mol. The van der Waals surface area contributed by atoms with E-state index in [1.165, 1.54) is 218 Å². The minimum absolute atomic E-state index is 0.0303. The van der Waals surface area contributed by atoms with Crippen molar-refractivity contribution < 1.29 is 42.1 Å². The number of ether oxygens (including phenoxy) is 2. The quantitative estimate of drug-likeness (QED) is 0.0195. The molecule has 0 saturated carbocycles.